The summed E-state index contributed by atoms with van der Waals surface area (Å²) in [5, 5.41) is 13.9. The molecule has 0 bridgehead atoms. The van der Waals surface area contributed by atoms with Crippen LogP contribution in [0.15, 0.2) is 53.0 Å². The molecule has 2 aromatic carbocycles. The van der Waals surface area contributed by atoms with Crippen LogP contribution in [-0.4, -0.2) is 39.5 Å². The fraction of sp³-hybridized carbons (Fsp3) is 0.200. The molecular weight excluding hydrogens is 539 g/mol. The van der Waals surface area contributed by atoms with Gasteiger partial charge in [0.05, 0.1) is 17.9 Å². The zero-order chi connectivity index (χ0) is 26.5. The zero-order valence-corrected chi connectivity index (χ0v) is 22.5. The van der Waals surface area contributed by atoms with Crippen LogP contribution in [-0.2, 0) is 23.2 Å². The first-order valence-corrected chi connectivity index (χ1v) is 13.2. The number of nitrogens with one attached hydrogen (secondary N) is 1. The molecule has 0 aliphatic carbocycles. The number of anilines is 1. The van der Waals surface area contributed by atoms with Crippen LogP contribution in [0.4, 0.5) is 9.39 Å². The van der Waals surface area contributed by atoms with Gasteiger partial charge in [0.15, 0.2) is 11.0 Å². The van der Waals surface area contributed by atoms with E-state index in [0.717, 1.165) is 17.2 Å². The van der Waals surface area contributed by atoms with E-state index >= 15 is 0 Å². The largest absolute Gasteiger partial charge is 0.484 e. The highest BCUT2D eigenvalue weighted by atomic mass is 35.5. The normalized spacial score (nSPS) is 10.8. The Hall–Kier alpha value is -3.41. The third-order valence-corrected chi connectivity index (χ3v) is 7.52. The van der Waals surface area contributed by atoms with Crippen molar-refractivity contribution in [1.29, 1.82) is 0 Å². The smallest absolute Gasteiger partial charge is 0.341 e. The van der Waals surface area contributed by atoms with Gasteiger partial charge in [0.2, 0.25) is 5.91 Å². The summed E-state index contributed by atoms with van der Waals surface area (Å²) in [6.45, 7) is 2.04. The molecule has 1 amide bonds. The summed E-state index contributed by atoms with van der Waals surface area (Å²) in [4.78, 5) is 25.3. The van der Waals surface area contributed by atoms with E-state index in [1.165, 1.54) is 42.3 Å². The highest BCUT2D eigenvalue weighted by Crippen LogP contribution is 2.36. The highest BCUT2D eigenvalue weighted by molar-refractivity contribution is 7.99. The summed E-state index contributed by atoms with van der Waals surface area (Å²) in [5.74, 6) is -0.445. The number of benzene rings is 2. The minimum absolute atomic E-state index is 0.0367. The number of halogens is 2. The van der Waals surface area contributed by atoms with E-state index in [9.17, 15) is 14.0 Å². The Bertz CT molecular complexity index is 1440. The number of thioether (sulfide) groups is 1. The number of ether oxygens (including phenoxy) is 2. The molecule has 0 spiro atoms. The predicted octanol–water partition coefficient (Wildman–Crippen LogP) is 5.74. The number of aromatic nitrogens is 3. The zero-order valence-electron chi connectivity index (χ0n) is 20.1. The molecular formula is C25H22ClFN4O4S2. The average Bonchev–Trinajstić information content (AvgIpc) is 3.45. The number of thiophene rings is 1. The van der Waals surface area contributed by atoms with Gasteiger partial charge in [-0.15, -0.1) is 21.5 Å². The second-order valence-corrected chi connectivity index (χ2v) is 10.1. The Kier molecular flexibility index (Phi) is 8.47. The molecule has 0 fully saturated rings. The number of hydrogen-bond acceptors (Lipinski definition) is 8. The highest BCUT2D eigenvalue weighted by Gasteiger charge is 2.23. The van der Waals surface area contributed by atoms with Crippen LogP contribution in [0, 0.1) is 12.7 Å². The van der Waals surface area contributed by atoms with Gasteiger partial charge in [-0.3, -0.25) is 4.79 Å². The third kappa shape index (κ3) is 6.30. The van der Waals surface area contributed by atoms with Gasteiger partial charge < -0.3 is 19.4 Å². The lowest BCUT2D eigenvalue weighted by molar-refractivity contribution is -0.113. The van der Waals surface area contributed by atoms with Crippen molar-refractivity contribution >= 4 is 51.6 Å². The predicted molar refractivity (Wildman–Crippen MR) is 142 cm³/mol. The summed E-state index contributed by atoms with van der Waals surface area (Å²) < 4.78 is 25.5. The summed E-state index contributed by atoms with van der Waals surface area (Å²) in [6, 6.07) is 11.6. The SMILES string of the molecule is COC(=O)c1c(-c2ccc(C)cc2)csc1NC(=O)CSc1nnc(COc2ccc(F)cc2Cl)n1C. The topological polar surface area (TPSA) is 95.3 Å². The molecule has 4 aromatic rings. The summed E-state index contributed by atoms with van der Waals surface area (Å²) in [7, 11) is 3.05. The van der Waals surface area contributed by atoms with E-state index in [0.29, 0.717) is 32.9 Å². The standard InChI is InChI=1S/C25H22ClFN4O4S2/c1-14-4-6-15(7-5-14)17-12-36-23(22(17)24(33)34-3)28-21(32)13-37-25-30-29-20(31(25)2)11-35-19-9-8-16(27)10-18(19)26/h4-10,12H,11,13H2,1-3H3,(H,28,32). The number of methoxy groups -OCH3 is 1. The molecule has 2 aromatic heterocycles. The van der Waals surface area contributed by atoms with Crippen LogP contribution in [0.3, 0.4) is 0 Å². The van der Waals surface area contributed by atoms with Gasteiger partial charge in [-0.1, -0.05) is 53.2 Å². The maximum atomic E-state index is 13.2. The number of hydrogen-bond donors (Lipinski definition) is 1. The lowest BCUT2D eigenvalue weighted by atomic mass is 10.0. The Balaban J connectivity index is 1.40. The van der Waals surface area contributed by atoms with Crippen LogP contribution >= 0.6 is 34.7 Å². The summed E-state index contributed by atoms with van der Waals surface area (Å²) in [5.41, 5.74) is 2.96. The molecule has 0 radical (unpaired) electrons. The number of amides is 1. The van der Waals surface area contributed by atoms with Crippen LogP contribution in [0.2, 0.25) is 5.02 Å². The van der Waals surface area contributed by atoms with Crippen LogP contribution in [0.5, 0.6) is 5.75 Å². The number of carbonyl (C=O) groups excluding carboxylic acids is 2. The molecule has 1 N–H and O–H groups in total. The van der Waals surface area contributed by atoms with Crippen LogP contribution in [0.25, 0.3) is 11.1 Å². The van der Waals surface area contributed by atoms with E-state index in [-0.39, 0.29) is 23.3 Å². The molecule has 192 valence electrons. The second-order valence-electron chi connectivity index (χ2n) is 7.87. The van der Waals surface area contributed by atoms with Gasteiger partial charge in [-0.25, -0.2) is 9.18 Å². The number of rotatable bonds is 9. The first-order chi connectivity index (χ1) is 17.8. The van der Waals surface area contributed by atoms with Crippen molar-refractivity contribution < 1.29 is 23.5 Å². The Morgan fingerprint density at radius 3 is 2.65 bits per heavy atom. The molecule has 8 nitrogen and oxygen atoms in total. The van der Waals surface area contributed by atoms with Crippen molar-refractivity contribution in [3.8, 4) is 16.9 Å². The van der Waals surface area contributed by atoms with Crippen LogP contribution < -0.4 is 10.1 Å². The Morgan fingerprint density at radius 2 is 1.95 bits per heavy atom. The van der Waals surface area contributed by atoms with E-state index in [1.54, 1.807) is 11.6 Å². The maximum absolute atomic E-state index is 13.2. The van der Waals surface area contributed by atoms with Gasteiger partial charge in [-0.2, -0.15) is 0 Å². The van der Waals surface area contributed by atoms with Crippen LogP contribution in [0.1, 0.15) is 21.7 Å². The first-order valence-electron chi connectivity index (χ1n) is 10.9. The van der Waals surface area contributed by atoms with Crippen molar-refractivity contribution in [2.24, 2.45) is 7.05 Å². The molecule has 0 aliphatic rings. The Morgan fingerprint density at radius 1 is 1.19 bits per heavy atom. The lowest BCUT2D eigenvalue weighted by Gasteiger charge is -2.09. The van der Waals surface area contributed by atoms with E-state index in [1.807, 2.05) is 36.6 Å². The number of carbonyl (C=O) groups is 2. The second kappa shape index (κ2) is 11.8. The van der Waals surface area contributed by atoms with E-state index in [2.05, 4.69) is 15.5 Å². The van der Waals surface area contributed by atoms with Gasteiger partial charge in [0.25, 0.3) is 0 Å². The van der Waals surface area contributed by atoms with Crippen molar-refractivity contribution in [3.63, 3.8) is 0 Å². The molecule has 0 aliphatic heterocycles. The number of esters is 1. The van der Waals surface area contributed by atoms with Crippen molar-refractivity contribution in [2.75, 3.05) is 18.2 Å². The van der Waals surface area contributed by atoms with Crippen molar-refractivity contribution in [1.82, 2.24) is 14.8 Å². The molecule has 0 saturated heterocycles. The minimum atomic E-state index is -0.529. The maximum Gasteiger partial charge on any atom is 0.341 e. The fourth-order valence-corrected chi connectivity index (χ4v) is 5.25. The number of aryl methyl sites for hydroxylation is 1. The monoisotopic (exact) mass is 560 g/mol. The van der Waals surface area contributed by atoms with E-state index < -0.39 is 11.8 Å². The molecule has 0 saturated carbocycles. The molecule has 2 heterocycles. The molecule has 4 rings (SSSR count). The lowest BCUT2D eigenvalue weighted by Crippen LogP contribution is -2.16. The van der Waals surface area contributed by atoms with E-state index in [4.69, 9.17) is 21.1 Å². The van der Waals surface area contributed by atoms with Gasteiger partial charge in [-0.05, 0) is 30.7 Å². The third-order valence-electron chi connectivity index (χ3n) is 5.30. The Labute approximate surface area is 225 Å². The van der Waals surface area contributed by atoms with Gasteiger partial charge >= 0.3 is 5.97 Å². The average molecular weight is 561 g/mol. The van der Waals surface area contributed by atoms with Gasteiger partial charge in [0, 0.05) is 18.0 Å². The number of nitrogens with zero attached hydrogens (tertiary/aromatic N) is 3. The summed E-state index contributed by atoms with van der Waals surface area (Å²) >= 11 is 8.43. The minimum Gasteiger partial charge on any atom is -0.484 e. The quantitative estimate of drug-likeness (QED) is 0.206. The van der Waals surface area contributed by atoms with Crippen molar-refractivity contribution in [3.05, 3.63) is 75.6 Å². The molecule has 0 atom stereocenters. The molecule has 12 heteroatoms. The molecule has 0 unspecified atom stereocenters. The first kappa shape index (κ1) is 26.6. The summed E-state index contributed by atoms with van der Waals surface area (Å²) in [6.07, 6.45) is 0. The van der Waals surface area contributed by atoms with Gasteiger partial charge in [0.1, 0.15) is 28.7 Å². The molecule has 37 heavy (non-hydrogen) atoms. The fourth-order valence-electron chi connectivity index (χ4n) is 3.32. The van der Waals surface area contributed by atoms with Crippen molar-refractivity contribution in [2.45, 2.75) is 18.7 Å².